The first-order valence-electron chi connectivity index (χ1n) is 9.86. The molecule has 2 aromatic carbocycles. The maximum Gasteiger partial charge on any atom is 0.318 e. The van der Waals surface area contributed by atoms with Crippen LogP contribution in [-0.2, 0) is 14.3 Å². The monoisotopic (exact) mass is 425 g/mol. The summed E-state index contributed by atoms with van der Waals surface area (Å²) in [5.74, 6) is -1.77. The normalized spacial score (nSPS) is 11.8. The number of rotatable bonds is 7. The van der Waals surface area contributed by atoms with Crippen LogP contribution in [0.25, 0.3) is 10.9 Å². The summed E-state index contributed by atoms with van der Waals surface area (Å²) in [5, 5.41) is 1.29. The van der Waals surface area contributed by atoms with Crippen LogP contribution in [0.15, 0.2) is 54.7 Å². The Labute approximate surface area is 180 Å². The summed E-state index contributed by atoms with van der Waals surface area (Å²) in [7, 11) is 0. The van der Waals surface area contributed by atoms with E-state index in [4.69, 9.17) is 22.1 Å². The molecular weight excluding hydrogens is 402 g/mol. The molecule has 1 atom stereocenters. The van der Waals surface area contributed by atoms with E-state index < -0.39 is 11.9 Å². The highest BCUT2D eigenvalue weighted by atomic mass is 35.5. The highest BCUT2D eigenvalue weighted by Gasteiger charge is 2.33. The van der Waals surface area contributed by atoms with Crippen LogP contribution in [0.2, 0.25) is 5.02 Å². The Morgan fingerprint density at radius 1 is 1.10 bits per heavy atom. The van der Waals surface area contributed by atoms with E-state index in [0.29, 0.717) is 34.9 Å². The molecule has 0 saturated carbocycles. The summed E-state index contributed by atoms with van der Waals surface area (Å²) in [5.41, 5.74) is 8.37. The molecule has 156 valence electrons. The molecule has 0 aliphatic rings. The molecule has 0 saturated heterocycles. The Hall–Kier alpha value is -3.12. The zero-order chi connectivity index (χ0) is 21.7. The first kappa shape index (κ1) is 21.6. The molecule has 1 amide bonds. The number of halogens is 1. The predicted molar refractivity (Wildman–Crippen MR) is 120 cm³/mol. The zero-order valence-corrected chi connectivity index (χ0v) is 17.7. The Morgan fingerprint density at radius 3 is 2.47 bits per heavy atom. The molecule has 6 nitrogen and oxygen atoms in total. The first-order chi connectivity index (χ1) is 14.4. The van der Waals surface area contributed by atoms with Crippen LogP contribution in [0.5, 0.6) is 0 Å². The van der Waals surface area contributed by atoms with Crippen LogP contribution in [0.1, 0.15) is 26.7 Å². The molecule has 2 N–H and O–H groups in total. The standard InChI is InChI=1S/C23H24ClN3O3/c1-3-5-20(23(29)30-4-2)22(28)27(18-8-6-17(25)7-9-18)19-10-11-21-15(13-19)12-16(24)14-26-21/h6-14,20H,3-5,25H2,1-2H3. The number of benzene rings is 2. The van der Waals surface area contributed by atoms with Gasteiger partial charge in [0.2, 0.25) is 5.91 Å². The van der Waals surface area contributed by atoms with Gasteiger partial charge in [-0.05, 0) is 61.9 Å². The van der Waals surface area contributed by atoms with Crippen molar-refractivity contribution in [2.75, 3.05) is 17.2 Å². The number of nitrogens with zero attached hydrogens (tertiary/aromatic N) is 2. The molecule has 0 radical (unpaired) electrons. The summed E-state index contributed by atoms with van der Waals surface area (Å²) in [6.45, 7) is 3.87. The van der Waals surface area contributed by atoms with Gasteiger partial charge in [-0.1, -0.05) is 24.9 Å². The quantitative estimate of drug-likeness (QED) is 0.323. The molecule has 3 rings (SSSR count). The second-order valence-electron chi connectivity index (χ2n) is 6.89. The molecule has 3 aromatic rings. The SMILES string of the molecule is CCCC(C(=O)OCC)C(=O)N(c1ccc(N)cc1)c1ccc2ncc(Cl)cc2c1. The largest absolute Gasteiger partial charge is 0.465 e. The van der Waals surface area contributed by atoms with Gasteiger partial charge in [0.25, 0.3) is 0 Å². The Balaban J connectivity index is 2.11. The van der Waals surface area contributed by atoms with Crippen molar-refractivity contribution in [3.63, 3.8) is 0 Å². The molecule has 0 fully saturated rings. The molecule has 30 heavy (non-hydrogen) atoms. The van der Waals surface area contributed by atoms with Crippen LogP contribution < -0.4 is 10.6 Å². The molecular formula is C23H24ClN3O3. The summed E-state index contributed by atoms with van der Waals surface area (Å²) in [4.78, 5) is 32.0. The van der Waals surface area contributed by atoms with Gasteiger partial charge in [-0.25, -0.2) is 0 Å². The van der Waals surface area contributed by atoms with Crippen LogP contribution >= 0.6 is 11.6 Å². The molecule has 0 spiro atoms. The maximum absolute atomic E-state index is 13.6. The number of fused-ring (bicyclic) bond motifs is 1. The molecule has 0 aliphatic carbocycles. The number of hydrogen-bond acceptors (Lipinski definition) is 5. The van der Waals surface area contributed by atoms with Crippen molar-refractivity contribution in [1.29, 1.82) is 0 Å². The van der Waals surface area contributed by atoms with Gasteiger partial charge in [0.15, 0.2) is 0 Å². The number of carbonyl (C=O) groups excluding carboxylic acids is 2. The van der Waals surface area contributed by atoms with E-state index in [1.807, 2.05) is 19.1 Å². The number of esters is 1. The third-order valence-electron chi connectivity index (χ3n) is 4.71. The van der Waals surface area contributed by atoms with Crippen LogP contribution in [-0.4, -0.2) is 23.5 Å². The second-order valence-corrected chi connectivity index (χ2v) is 7.33. The lowest BCUT2D eigenvalue weighted by Crippen LogP contribution is -2.37. The zero-order valence-electron chi connectivity index (χ0n) is 17.0. The van der Waals surface area contributed by atoms with Crippen molar-refractivity contribution >= 4 is 51.4 Å². The lowest BCUT2D eigenvalue weighted by atomic mass is 10.0. The number of aromatic nitrogens is 1. The van der Waals surface area contributed by atoms with Crippen molar-refractivity contribution in [3.8, 4) is 0 Å². The average Bonchev–Trinajstić information content (AvgIpc) is 2.73. The van der Waals surface area contributed by atoms with E-state index in [2.05, 4.69) is 4.98 Å². The molecule has 7 heteroatoms. The van der Waals surface area contributed by atoms with Crippen molar-refractivity contribution in [1.82, 2.24) is 4.98 Å². The number of pyridine rings is 1. The van der Waals surface area contributed by atoms with Gasteiger partial charge in [-0.15, -0.1) is 0 Å². The van der Waals surface area contributed by atoms with Crippen LogP contribution in [0.4, 0.5) is 17.1 Å². The van der Waals surface area contributed by atoms with E-state index in [-0.39, 0.29) is 12.5 Å². The van der Waals surface area contributed by atoms with Crippen molar-refractivity contribution in [2.24, 2.45) is 5.92 Å². The summed E-state index contributed by atoms with van der Waals surface area (Å²) in [6, 6.07) is 14.2. The van der Waals surface area contributed by atoms with Gasteiger partial charge in [0.1, 0.15) is 5.92 Å². The van der Waals surface area contributed by atoms with Gasteiger partial charge in [-0.2, -0.15) is 0 Å². The highest BCUT2D eigenvalue weighted by Crippen LogP contribution is 2.32. The van der Waals surface area contributed by atoms with Gasteiger partial charge < -0.3 is 10.5 Å². The average molecular weight is 426 g/mol. The van der Waals surface area contributed by atoms with Gasteiger partial charge in [0.05, 0.1) is 17.1 Å². The van der Waals surface area contributed by atoms with E-state index in [0.717, 1.165) is 10.9 Å². The number of nitrogen functional groups attached to an aromatic ring is 1. The minimum atomic E-state index is -0.902. The maximum atomic E-state index is 13.6. The van der Waals surface area contributed by atoms with E-state index >= 15 is 0 Å². The fraction of sp³-hybridized carbons (Fsp3) is 0.261. The summed E-state index contributed by atoms with van der Waals surface area (Å²) >= 11 is 6.10. The minimum absolute atomic E-state index is 0.217. The first-order valence-corrected chi connectivity index (χ1v) is 10.2. The predicted octanol–water partition coefficient (Wildman–Crippen LogP) is 5.11. The summed E-state index contributed by atoms with van der Waals surface area (Å²) < 4.78 is 5.17. The number of anilines is 3. The third-order valence-corrected chi connectivity index (χ3v) is 4.91. The number of nitrogens with two attached hydrogens (primary N) is 1. The fourth-order valence-electron chi connectivity index (χ4n) is 3.29. The third kappa shape index (κ3) is 4.71. The smallest absolute Gasteiger partial charge is 0.318 e. The lowest BCUT2D eigenvalue weighted by molar-refractivity contribution is -0.151. The van der Waals surface area contributed by atoms with E-state index in [1.54, 1.807) is 49.5 Å². The lowest BCUT2D eigenvalue weighted by Gasteiger charge is -2.27. The van der Waals surface area contributed by atoms with Gasteiger partial charge in [0, 0.05) is 28.6 Å². The number of hydrogen-bond donors (Lipinski definition) is 1. The molecule has 0 aliphatic heterocycles. The number of amides is 1. The topological polar surface area (TPSA) is 85.5 Å². The highest BCUT2D eigenvalue weighted by molar-refractivity contribution is 6.31. The summed E-state index contributed by atoms with van der Waals surface area (Å²) in [6.07, 6.45) is 2.64. The van der Waals surface area contributed by atoms with Gasteiger partial charge in [-0.3, -0.25) is 19.5 Å². The van der Waals surface area contributed by atoms with Crippen molar-refractivity contribution in [3.05, 3.63) is 59.8 Å². The number of ether oxygens (including phenoxy) is 1. The van der Waals surface area contributed by atoms with Crippen molar-refractivity contribution in [2.45, 2.75) is 26.7 Å². The molecule has 1 unspecified atom stereocenters. The number of carbonyl (C=O) groups is 2. The van der Waals surface area contributed by atoms with E-state index in [1.165, 1.54) is 4.90 Å². The Morgan fingerprint density at radius 2 is 1.80 bits per heavy atom. The van der Waals surface area contributed by atoms with Gasteiger partial charge >= 0.3 is 5.97 Å². The Kier molecular flexibility index (Phi) is 6.90. The molecule has 1 heterocycles. The van der Waals surface area contributed by atoms with E-state index in [9.17, 15) is 9.59 Å². The Bertz CT molecular complexity index is 1050. The second kappa shape index (κ2) is 9.59. The molecule has 0 bridgehead atoms. The minimum Gasteiger partial charge on any atom is -0.465 e. The van der Waals surface area contributed by atoms with Crippen LogP contribution in [0.3, 0.4) is 0 Å². The van der Waals surface area contributed by atoms with Crippen LogP contribution in [0, 0.1) is 5.92 Å². The fourth-order valence-corrected chi connectivity index (χ4v) is 3.45. The molecule has 1 aromatic heterocycles. The van der Waals surface area contributed by atoms with Crippen molar-refractivity contribution < 1.29 is 14.3 Å².